The number of ether oxygens (including phenoxy) is 1. The standard InChI is InChI=1S/C25H19FN2O3/c26-19-8-4-9-20(15-19)31-23-12-2-1-10-21(23)25(30)27-16-17-6-3-7-18(14-17)22-11-5-13-24(29)28-22/h1,3-15,23H,16H2,(H,27,30)(H,28,29). The predicted octanol–water partition coefficient (Wildman–Crippen LogP) is 3.90. The van der Waals surface area contributed by atoms with E-state index in [2.05, 4.69) is 16.0 Å². The summed E-state index contributed by atoms with van der Waals surface area (Å²) < 4.78 is 19.2. The van der Waals surface area contributed by atoms with Crippen molar-refractivity contribution >= 4 is 5.91 Å². The molecule has 0 radical (unpaired) electrons. The molecule has 0 bridgehead atoms. The maximum Gasteiger partial charge on any atom is 0.251 e. The minimum Gasteiger partial charge on any atom is -0.481 e. The van der Waals surface area contributed by atoms with Crippen LogP contribution in [0, 0.1) is 5.82 Å². The minimum absolute atomic E-state index is 0.175. The third kappa shape index (κ3) is 5.07. The van der Waals surface area contributed by atoms with Crippen molar-refractivity contribution in [3.8, 4) is 17.0 Å². The van der Waals surface area contributed by atoms with Gasteiger partial charge in [-0.2, -0.15) is 0 Å². The van der Waals surface area contributed by atoms with E-state index in [1.807, 2.05) is 30.3 Å². The van der Waals surface area contributed by atoms with E-state index in [9.17, 15) is 14.0 Å². The van der Waals surface area contributed by atoms with Gasteiger partial charge in [-0.1, -0.05) is 30.3 Å². The van der Waals surface area contributed by atoms with E-state index in [-0.39, 0.29) is 11.5 Å². The fourth-order valence-corrected chi connectivity index (χ4v) is 3.20. The number of aromatic amines is 1. The fourth-order valence-electron chi connectivity index (χ4n) is 3.20. The van der Waals surface area contributed by atoms with Crippen LogP contribution >= 0.6 is 0 Å². The first-order valence-electron chi connectivity index (χ1n) is 9.70. The zero-order valence-corrected chi connectivity index (χ0v) is 16.5. The van der Waals surface area contributed by atoms with Gasteiger partial charge in [0, 0.05) is 30.4 Å². The summed E-state index contributed by atoms with van der Waals surface area (Å²) >= 11 is 0. The van der Waals surface area contributed by atoms with Gasteiger partial charge in [-0.3, -0.25) is 9.59 Å². The van der Waals surface area contributed by atoms with Crippen LogP contribution in [0.3, 0.4) is 0 Å². The van der Waals surface area contributed by atoms with E-state index in [4.69, 9.17) is 4.74 Å². The Kier molecular flexibility index (Phi) is 5.92. The van der Waals surface area contributed by atoms with Crippen LogP contribution in [0.1, 0.15) is 5.56 Å². The number of pyridine rings is 1. The van der Waals surface area contributed by atoms with Gasteiger partial charge in [0.05, 0.1) is 5.57 Å². The number of hydrogen-bond acceptors (Lipinski definition) is 3. The Bertz CT molecular complexity index is 1270. The van der Waals surface area contributed by atoms with E-state index < -0.39 is 11.9 Å². The van der Waals surface area contributed by atoms with Gasteiger partial charge in [-0.25, -0.2) is 4.39 Å². The van der Waals surface area contributed by atoms with Crippen LogP contribution in [0.2, 0.25) is 0 Å². The van der Waals surface area contributed by atoms with Gasteiger partial charge in [0.15, 0.2) is 6.10 Å². The van der Waals surface area contributed by atoms with Gasteiger partial charge < -0.3 is 15.0 Å². The van der Waals surface area contributed by atoms with E-state index in [1.54, 1.807) is 36.4 Å². The molecule has 0 spiro atoms. The van der Waals surface area contributed by atoms with E-state index >= 15 is 0 Å². The highest BCUT2D eigenvalue weighted by atomic mass is 19.1. The number of carbonyl (C=O) groups is 1. The molecule has 2 aromatic carbocycles. The summed E-state index contributed by atoms with van der Waals surface area (Å²) in [7, 11) is 0. The summed E-state index contributed by atoms with van der Waals surface area (Å²) in [5.74, 6) is -0.385. The molecule has 1 unspecified atom stereocenters. The molecular weight excluding hydrogens is 395 g/mol. The molecule has 2 N–H and O–H groups in total. The van der Waals surface area contributed by atoms with Gasteiger partial charge in [0.25, 0.3) is 5.91 Å². The number of halogens is 1. The first-order valence-corrected chi connectivity index (χ1v) is 9.70. The molecule has 1 atom stereocenters. The molecule has 1 amide bonds. The SMILES string of the molecule is O=C(NCc1cccc(-c2cccc(=O)[nH]2)c1)C1=CC=C=CC1Oc1cccc(F)c1. The molecule has 1 aromatic heterocycles. The number of benzene rings is 2. The number of rotatable bonds is 6. The van der Waals surface area contributed by atoms with Crippen molar-refractivity contribution in [2.75, 3.05) is 0 Å². The third-order valence-electron chi connectivity index (χ3n) is 4.69. The maximum atomic E-state index is 13.4. The van der Waals surface area contributed by atoms with Crippen LogP contribution in [0.15, 0.2) is 101 Å². The van der Waals surface area contributed by atoms with Crippen LogP contribution < -0.4 is 15.6 Å². The number of carbonyl (C=O) groups excluding carboxylic acids is 1. The average molecular weight is 414 g/mol. The quantitative estimate of drug-likeness (QED) is 0.601. The van der Waals surface area contributed by atoms with Crippen LogP contribution in [0.4, 0.5) is 4.39 Å². The Hall–Kier alpha value is -4.15. The monoisotopic (exact) mass is 414 g/mol. The fraction of sp³-hybridized carbons (Fsp3) is 0.0800. The molecule has 0 saturated carbocycles. The lowest BCUT2D eigenvalue weighted by Gasteiger charge is -2.19. The Labute approximate surface area is 178 Å². The maximum absolute atomic E-state index is 13.4. The summed E-state index contributed by atoms with van der Waals surface area (Å²) in [6, 6.07) is 18.3. The molecule has 5 nitrogen and oxygen atoms in total. The molecule has 1 heterocycles. The van der Waals surface area contributed by atoms with Crippen molar-refractivity contribution in [1.29, 1.82) is 0 Å². The number of nitrogens with one attached hydrogen (secondary N) is 2. The Morgan fingerprint density at radius 3 is 2.77 bits per heavy atom. The molecule has 0 saturated heterocycles. The van der Waals surface area contributed by atoms with Gasteiger partial charge in [-0.15, -0.1) is 5.73 Å². The molecule has 31 heavy (non-hydrogen) atoms. The molecule has 4 rings (SSSR count). The second kappa shape index (κ2) is 9.11. The van der Waals surface area contributed by atoms with Crippen LogP contribution in [0.5, 0.6) is 5.75 Å². The topological polar surface area (TPSA) is 71.2 Å². The van der Waals surface area contributed by atoms with Gasteiger partial charge >= 0.3 is 0 Å². The molecule has 3 aromatic rings. The van der Waals surface area contributed by atoms with Crippen LogP contribution in [-0.4, -0.2) is 17.0 Å². The van der Waals surface area contributed by atoms with Crippen molar-refractivity contribution in [1.82, 2.24) is 10.3 Å². The smallest absolute Gasteiger partial charge is 0.251 e. The molecule has 0 aliphatic heterocycles. The molecular formula is C25H19FN2O3. The summed E-state index contributed by atoms with van der Waals surface area (Å²) in [4.78, 5) is 27.1. The second-order valence-electron chi connectivity index (χ2n) is 6.93. The van der Waals surface area contributed by atoms with Crippen molar-refractivity contribution in [2.24, 2.45) is 0 Å². The van der Waals surface area contributed by atoms with Crippen molar-refractivity contribution in [3.63, 3.8) is 0 Å². The molecule has 1 aliphatic carbocycles. The minimum atomic E-state index is -0.674. The van der Waals surface area contributed by atoms with E-state index in [0.29, 0.717) is 23.6 Å². The van der Waals surface area contributed by atoms with Crippen LogP contribution in [-0.2, 0) is 11.3 Å². The normalized spacial score (nSPS) is 14.7. The van der Waals surface area contributed by atoms with Gasteiger partial charge in [0.2, 0.25) is 5.56 Å². The Morgan fingerprint density at radius 2 is 1.94 bits per heavy atom. The molecule has 154 valence electrons. The summed E-state index contributed by atoms with van der Waals surface area (Å²) in [6.45, 7) is 0.293. The highest BCUT2D eigenvalue weighted by Gasteiger charge is 2.21. The van der Waals surface area contributed by atoms with Gasteiger partial charge in [0.1, 0.15) is 11.6 Å². The van der Waals surface area contributed by atoms with E-state index in [0.717, 1.165) is 11.1 Å². The highest BCUT2D eigenvalue weighted by molar-refractivity contribution is 5.95. The predicted molar refractivity (Wildman–Crippen MR) is 116 cm³/mol. The second-order valence-corrected chi connectivity index (χ2v) is 6.93. The summed E-state index contributed by atoms with van der Waals surface area (Å²) in [5.41, 5.74) is 5.55. The lowest BCUT2D eigenvalue weighted by atomic mass is 10.0. The average Bonchev–Trinajstić information content (AvgIpc) is 2.78. The van der Waals surface area contributed by atoms with Crippen molar-refractivity contribution in [2.45, 2.75) is 12.6 Å². The number of amides is 1. The van der Waals surface area contributed by atoms with Crippen molar-refractivity contribution < 1.29 is 13.9 Å². The molecule has 0 fully saturated rings. The Morgan fingerprint density at radius 1 is 1.10 bits per heavy atom. The molecule has 6 heteroatoms. The number of aromatic nitrogens is 1. The zero-order valence-electron chi connectivity index (χ0n) is 16.5. The summed E-state index contributed by atoms with van der Waals surface area (Å²) in [5, 5.41) is 2.88. The third-order valence-corrected chi connectivity index (χ3v) is 4.69. The molecule has 1 aliphatic rings. The van der Waals surface area contributed by atoms with E-state index in [1.165, 1.54) is 18.2 Å². The largest absolute Gasteiger partial charge is 0.481 e. The lowest BCUT2D eigenvalue weighted by Crippen LogP contribution is -2.32. The van der Waals surface area contributed by atoms with Crippen molar-refractivity contribution in [3.05, 3.63) is 118 Å². The lowest BCUT2D eigenvalue weighted by molar-refractivity contribution is -0.118. The number of hydrogen-bond donors (Lipinski definition) is 2. The number of allylic oxidation sites excluding steroid dienone is 1. The highest BCUT2D eigenvalue weighted by Crippen LogP contribution is 2.20. The first kappa shape index (κ1) is 20.1. The summed E-state index contributed by atoms with van der Waals surface area (Å²) in [6.07, 6.45) is 4.20. The number of H-pyrrole nitrogens is 1. The van der Waals surface area contributed by atoms with Gasteiger partial charge in [-0.05, 0) is 47.5 Å². The zero-order chi connectivity index (χ0) is 21.6. The van der Waals surface area contributed by atoms with Crippen LogP contribution in [0.25, 0.3) is 11.3 Å². The first-order chi connectivity index (χ1) is 15.1. The Balaban J connectivity index is 1.44.